The van der Waals surface area contributed by atoms with Crippen LogP contribution in [0.4, 0.5) is 17.6 Å². The van der Waals surface area contributed by atoms with E-state index in [0.717, 1.165) is 35.6 Å². The van der Waals surface area contributed by atoms with Gasteiger partial charge in [0, 0.05) is 11.6 Å². The Kier molecular flexibility index (Phi) is 8.92. The molecule has 2 rings (SSSR count). The fourth-order valence-corrected chi connectivity index (χ4v) is 3.79. The van der Waals surface area contributed by atoms with Crippen LogP contribution in [0.1, 0.15) is 82.4 Å². The highest BCUT2D eigenvalue weighted by Gasteiger charge is 2.42. The van der Waals surface area contributed by atoms with Gasteiger partial charge in [-0.2, -0.15) is 8.78 Å². The largest absolute Gasteiger partial charge is 0.486 e. The highest BCUT2D eigenvalue weighted by molar-refractivity contribution is 5.81. The summed E-state index contributed by atoms with van der Waals surface area (Å²) >= 11 is 0. The summed E-state index contributed by atoms with van der Waals surface area (Å²) in [6.07, 6.45) is 3.09. The summed E-state index contributed by atoms with van der Waals surface area (Å²) in [5.74, 6) is -4.98. The molecule has 1 aromatic carbocycles. The van der Waals surface area contributed by atoms with Crippen molar-refractivity contribution < 1.29 is 32.2 Å². The zero-order valence-corrected chi connectivity index (χ0v) is 19.7. The van der Waals surface area contributed by atoms with E-state index >= 15 is 0 Å². The minimum atomic E-state index is -4.26. The molecule has 0 saturated carbocycles. The number of benzene rings is 1. The highest BCUT2D eigenvalue weighted by Crippen LogP contribution is 2.44. The van der Waals surface area contributed by atoms with Gasteiger partial charge in [-0.25, -0.2) is 13.6 Å². The van der Waals surface area contributed by atoms with Crippen LogP contribution in [0, 0.1) is 0 Å². The van der Waals surface area contributed by atoms with Crippen LogP contribution in [0.25, 0.3) is 5.57 Å². The first-order valence-electron chi connectivity index (χ1n) is 11.1. The van der Waals surface area contributed by atoms with E-state index in [0.29, 0.717) is 23.1 Å². The molecule has 0 atom stereocenters. The van der Waals surface area contributed by atoms with Crippen molar-refractivity contribution in [2.24, 2.45) is 0 Å². The summed E-state index contributed by atoms with van der Waals surface area (Å²) in [7, 11) is 0. The standard InChI is InChI=1S/C26H32F4O3/c1-15(2)19-12-21(16(3)4)24(33-14-26(29,30)25(27)28)22(13-19)20-8-6-7-18(20)10-9-17(5)11-23(31)32/h9-13,15-16,25H,6-8,14H2,1-5H3,(H,31,32). The van der Waals surface area contributed by atoms with Crippen molar-refractivity contribution in [1.29, 1.82) is 0 Å². The van der Waals surface area contributed by atoms with Gasteiger partial charge in [-0.1, -0.05) is 45.9 Å². The van der Waals surface area contributed by atoms with Gasteiger partial charge in [-0.15, -0.1) is 0 Å². The zero-order chi connectivity index (χ0) is 24.9. The molecule has 0 heterocycles. The Morgan fingerprint density at radius 1 is 1.15 bits per heavy atom. The molecule has 0 unspecified atom stereocenters. The normalized spacial score (nSPS) is 15.6. The maximum atomic E-state index is 13.7. The Morgan fingerprint density at radius 3 is 2.36 bits per heavy atom. The summed E-state index contributed by atoms with van der Waals surface area (Å²) in [6, 6.07) is 3.81. The summed E-state index contributed by atoms with van der Waals surface area (Å²) in [4.78, 5) is 10.9. The molecule has 0 bridgehead atoms. The number of aliphatic carboxylic acids is 1. The maximum Gasteiger partial charge on any atom is 0.340 e. The quantitative estimate of drug-likeness (QED) is 0.217. The Morgan fingerprint density at radius 2 is 1.82 bits per heavy atom. The van der Waals surface area contributed by atoms with Gasteiger partial charge in [0.15, 0.2) is 6.61 Å². The van der Waals surface area contributed by atoms with Gasteiger partial charge in [-0.3, -0.25) is 0 Å². The van der Waals surface area contributed by atoms with Crippen LogP contribution in [-0.2, 0) is 4.79 Å². The summed E-state index contributed by atoms with van der Waals surface area (Å²) in [6.45, 7) is 8.14. The molecule has 0 saturated heterocycles. The molecule has 1 aliphatic rings. The molecule has 0 spiro atoms. The van der Waals surface area contributed by atoms with Gasteiger partial charge in [0.1, 0.15) is 5.75 Å². The number of hydrogen-bond donors (Lipinski definition) is 1. The lowest BCUT2D eigenvalue weighted by molar-refractivity contribution is -0.148. The van der Waals surface area contributed by atoms with Gasteiger partial charge >= 0.3 is 18.3 Å². The molecule has 0 radical (unpaired) electrons. The first kappa shape index (κ1) is 26.7. The van der Waals surface area contributed by atoms with Crippen LogP contribution in [0.2, 0.25) is 0 Å². The average molecular weight is 469 g/mol. The van der Waals surface area contributed by atoms with Gasteiger partial charge in [-0.05, 0) is 71.9 Å². The summed E-state index contributed by atoms with van der Waals surface area (Å²) < 4.78 is 58.4. The predicted octanol–water partition coefficient (Wildman–Crippen LogP) is 7.74. The van der Waals surface area contributed by atoms with Crippen molar-refractivity contribution >= 4 is 11.5 Å². The van der Waals surface area contributed by atoms with E-state index in [-0.39, 0.29) is 17.6 Å². The van der Waals surface area contributed by atoms with Crippen molar-refractivity contribution in [2.45, 2.75) is 78.1 Å². The van der Waals surface area contributed by atoms with Crippen LogP contribution < -0.4 is 4.74 Å². The van der Waals surface area contributed by atoms with Gasteiger partial charge in [0.25, 0.3) is 0 Å². The average Bonchev–Trinajstić information content (AvgIpc) is 3.17. The second-order valence-electron chi connectivity index (χ2n) is 9.06. The number of carboxylic acid groups (broad SMARTS) is 1. The minimum Gasteiger partial charge on any atom is -0.486 e. The highest BCUT2D eigenvalue weighted by atomic mass is 19.3. The van der Waals surface area contributed by atoms with Crippen LogP contribution in [-0.4, -0.2) is 30.0 Å². The third-order valence-electron chi connectivity index (χ3n) is 5.64. The van der Waals surface area contributed by atoms with Crippen molar-refractivity contribution in [3.05, 3.63) is 58.2 Å². The zero-order valence-electron chi connectivity index (χ0n) is 19.7. The number of carboxylic acids is 1. The molecule has 0 amide bonds. The lowest BCUT2D eigenvalue weighted by Gasteiger charge is -2.24. The summed E-state index contributed by atoms with van der Waals surface area (Å²) in [5.41, 5.74) is 4.78. The number of ether oxygens (including phenoxy) is 1. The lowest BCUT2D eigenvalue weighted by atomic mass is 9.88. The molecule has 0 fully saturated rings. The summed E-state index contributed by atoms with van der Waals surface area (Å²) in [5, 5.41) is 8.92. The number of allylic oxidation sites excluding steroid dienone is 5. The van der Waals surface area contributed by atoms with Crippen molar-refractivity contribution in [1.82, 2.24) is 0 Å². The monoisotopic (exact) mass is 468 g/mol. The first-order valence-corrected chi connectivity index (χ1v) is 11.1. The number of carbonyl (C=O) groups is 1. The Balaban J connectivity index is 2.65. The molecule has 1 aliphatic carbocycles. The Labute approximate surface area is 192 Å². The van der Waals surface area contributed by atoms with E-state index in [1.165, 1.54) is 0 Å². The smallest absolute Gasteiger partial charge is 0.340 e. The van der Waals surface area contributed by atoms with Crippen LogP contribution in [0.15, 0.2) is 41.5 Å². The maximum absolute atomic E-state index is 13.7. The topological polar surface area (TPSA) is 46.5 Å². The van der Waals surface area contributed by atoms with Crippen LogP contribution in [0.3, 0.4) is 0 Å². The third kappa shape index (κ3) is 6.95. The minimum absolute atomic E-state index is 0.0700. The van der Waals surface area contributed by atoms with Gasteiger partial charge < -0.3 is 9.84 Å². The molecule has 0 aromatic heterocycles. The van der Waals surface area contributed by atoms with Crippen LogP contribution in [0.5, 0.6) is 5.75 Å². The molecule has 33 heavy (non-hydrogen) atoms. The van der Waals surface area contributed by atoms with Crippen molar-refractivity contribution in [3.8, 4) is 5.75 Å². The molecule has 7 heteroatoms. The predicted molar refractivity (Wildman–Crippen MR) is 122 cm³/mol. The first-order chi connectivity index (χ1) is 15.3. The molecular formula is C26H32F4O3. The van der Waals surface area contributed by atoms with E-state index in [1.54, 1.807) is 13.0 Å². The SMILES string of the molecule is CC(C=CC1=C(c2cc(C(C)C)cc(C(C)C)c2OCC(F)(F)C(F)F)CCC1)=CC(=O)O. The van der Waals surface area contributed by atoms with Gasteiger partial charge in [0.05, 0.1) is 0 Å². The Bertz CT molecular complexity index is 957. The van der Waals surface area contributed by atoms with E-state index < -0.39 is 24.9 Å². The fraction of sp³-hybridized carbons (Fsp3) is 0.500. The van der Waals surface area contributed by atoms with E-state index in [9.17, 15) is 22.4 Å². The third-order valence-corrected chi connectivity index (χ3v) is 5.64. The lowest BCUT2D eigenvalue weighted by Crippen LogP contribution is -2.34. The second-order valence-corrected chi connectivity index (χ2v) is 9.06. The molecular weight excluding hydrogens is 436 g/mol. The second kappa shape index (κ2) is 11.0. The number of halogens is 4. The molecule has 1 aromatic rings. The molecule has 0 aliphatic heterocycles. The molecule has 1 N–H and O–H groups in total. The fourth-order valence-electron chi connectivity index (χ4n) is 3.79. The van der Waals surface area contributed by atoms with Crippen molar-refractivity contribution in [2.75, 3.05) is 6.61 Å². The van der Waals surface area contributed by atoms with Crippen LogP contribution >= 0.6 is 0 Å². The number of alkyl halides is 4. The Hall–Kier alpha value is -2.57. The molecule has 3 nitrogen and oxygen atoms in total. The number of hydrogen-bond acceptors (Lipinski definition) is 2. The van der Waals surface area contributed by atoms with Crippen molar-refractivity contribution in [3.63, 3.8) is 0 Å². The van der Waals surface area contributed by atoms with E-state index in [2.05, 4.69) is 0 Å². The molecule has 182 valence electrons. The number of rotatable bonds is 10. The van der Waals surface area contributed by atoms with Gasteiger partial charge in [0.2, 0.25) is 0 Å². The van der Waals surface area contributed by atoms with E-state index in [1.807, 2.05) is 45.9 Å². The van der Waals surface area contributed by atoms with E-state index in [4.69, 9.17) is 9.84 Å².